The lowest BCUT2D eigenvalue weighted by Crippen LogP contribution is -2.36. The van der Waals surface area contributed by atoms with Crippen LogP contribution in [0.5, 0.6) is 11.5 Å². The summed E-state index contributed by atoms with van der Waals surface area (Å²) in [4.78, 5) is 21.6. The first-order chi connectivity index (χ1) is 16.7. The summed E-state index contributed by atoms with van der Waals surface area (Å²) in [6, 6.07) is 8.05. The number of methoxy groups -OCH3 is 2. The van der Waals surface area contributed by atoms with E-state index in [-0.39, 0.29) is 5.91 Å². The second-order valence-corrected chi connectivity index (χ2v) is 9.40. The van der Waals surface area contributed by atoms with Crippen molar-refractivity contribution in [2.24, 2.45) is 5.92 Å². The van der Waals surface area contributed by atoms with Crippen LogP contribution in [0.2, 0.25) is 0 Å². The van der Waals surface area contributed by atoms with Crippen molar-refractivity contribution in [3.63, 3.8) is 0 Å². The Hall–Kier alpha value is -2.86. The molecule has 4 rings (SSSR count). The average Bonchev–Trinajstić information content (AvgIpc) is 3.02. The zero-order valence-corrected chi connectivity index (χ0v) is 20.5. The molecule has 0 spiro atoms. The Labute approximate surface area is 203 Å². The smallest absolute Gasteiger partial charge is 0.230 e. The van der Waals surface area contributed by atoms with Gasteiger partial charge in [0.15, 0.2) is 11.5 Å². The summed E-state index contributed by atoms with van der Waals surface area (Å²) in [5.41, 5.74) is 3.32. The molecule has 0 saturated carbocycles. The minimum absolute atomic E-state index is 0.142. The van der Waals surface area contributed by atoms with Crippen LogP contribution in [0.25, 0.3) is 6.08 Å². The molecule has 1 atom stereocenters. The quantitative estimate of drug-likeness (QED) is 0.516. The van der Waals surface area contributed by atoms with Crippen molar-refractivity contribution in [2.75, 3.05) is 40.4 Å². The molecule has 2 aliphatic heterocycles. The van der Waals surface area contributed by atoms with Crippen molar-refractivity contribution in [1.29, 1.82) is 0 Å². The number of fused-ring (bicyclic) bond motifs is 1. The summed E-state index contributed by atoms with van der Waals surface area (Å²) in [7, 11) is 3.26. The largest absolute Gasteiger partial charge is 0.493 e. The van der Waals surface area contributed by atoms with Gasteiger partial charge in [-0.25, -0.2) is 0 Å². The molecule has 0 bridgehead atoms. The molecule has 34 heavy (non-hydrogen) atoms. The summed E-state index contributed by atoms with van der Waals surface area (Å²) in [6.07, 6.45) is 15.2. The van der Waals surface area contributed by atoms with Crippen LogP contribution in [0, 0.1) is 5.92 Å². The van der Waals surface area contributed by atoms with E-state index in [4.69, 9.17) is 9.47 Å². The highest BCUT2D eigenvalue weighted by Gasteiger charge is 2.22. The molecule has 0 radical (unpaired) electrons. The van der Waals surface area contributed by atoms with E-state index >= 15 is 0 Å². The van der Waals surface area contributed by atoms with Crippen LogP contribution in [0.15, 0.2) is 42.9 Å². The molecule has 182 valence electrons. The maximum atomic E-state index is 12.9. The molecule has 1 aromatic heterocycles. The number of carbonyl (C=O) groups is 1. The van der Waals surface area contributed by atoms with Gasteiger partial charge in [0.1, 0.15) is 0 Å². The maximum Gasteiger partial charge on any atom is 0.230 e. The molecule has 1 saturated heterocycles. The Morgan fingerprint density at radius 1 is 1.12 bits per heavy atom. The molecule has 1 amide bonds. The number of hydrogen-bond acceptors (Lipinski definition) is 5. The molecule has 2 aromatic rings. The van der Waals surface area contributed by atoms with Gasteiger partial charge in [0, 0.05) is 31.7 Å². The first-order valence-electron chi connectivity index (χ1n) is 12.5. The van der Waals surface area contributed by atoms with E-state index in [9.17, 15) is 4.79 Å². The topological polar surface area (TPSA) is 54.9 Å². The Balaban J connectivity index is 1.23. The van der Waals surface area contributed by atoms with Crippen molar-refractivity contribution >= 4 is 12.0 Å². The standard InChI is InChI=1S/C28H37N3O3/c1-33-26-17-24-11-16-31(28(32)19-25(24)18-27(26)34-2)15-6-10-23-9-5-14-30(21-23)13-4-8-22-7-3-12-29-20-22/h3,7,11-12,16-18,20,23H,4-6,8-10,13-15,19,21H2,1-2H3. The number of amides is 1. The minimum atomic E-state index is 0.142. The number of piperidine rings is 1. The number of benzene rings is 1. The Morgan fingerprint density at radius 3 is 2.76 bits per heavy atom. The van der Waals surface area contributed by atoms with Crippen molar-refractivity contribution in [2.45, 2.75) is 44.9 Å². The van der Waals surface area contributed by atoms with Gasteiger partial charge in [-0.15, -0.1) is 0 Å². The van der Waals surface area contributed by atoms with E-state index in [0.717, 1.165) is 43.0 Å². The number of likely N-dealkylation sites (tertiary alicyclic amines) is 1. The van der Waals surface area contributed by atoms with E-state index in [1.807, 2.05) is 47.8 Å². The van der Waals surface area contributed by atoms with E-state index in [2.05, 4.69) is 16.0 Å². The lowest BCUT2D eigenvalue weighted by Gasteiger charge is -2.33. The van der Waals surface area contributed by atoms with Gasteiger partial charge in [-0.05, 0) is 98.5 Å². The van der Waals surface area contributed by atoms with Gasteiger partial charge >= 0.3 is 0 Å². The average molecular weight is 464 g/mol. The Kier molecular flexibility index (Phi) is 8.58. The number of aryl methyl sites for hydroxylation is 1. The highest BCUT2D eigenvalue weighted by atomic mass is 16.5. The highest BCUT2D eigenvalue weighted by molar-refractivity contribution is 5.84. The highest BCUT2D eigenvalue weighted by Crippen LogP contribution is 2.33. The molecule has 1 unspecified atom stereocenters. The third-order valence-corrected chi connectivity index (χ3v) is 7.02. The fourth-order valence-electron chi connectivity index (χ4n) is 5.16. The van der Waals surface area contributed by atoms with Gasteiger partial charge in [-0.2, -0.15) is 0 Å². The van der Waals surface area contributed by atoms with Gasteiger partial charge < -0.3 is 19.3 Å². The molecule has 1 aromatic carbocycles. The van der Waals surface area contributed by atoms with Crippen molar-refractivity contribution < 1.29 is 14.3 Å². The summed E-state index contributed by atoms with van der Waals surface area (Å²) in [5.74, 6) is 2.22. The van der Waals surface area contributed by atoms with Gasteiger partial charge in [0.2, 0.25) is 5.91 Å². The maximum absolute atomic E-state index is 12.9. The number of nitrogens with zero attached hydrogens (tertiary/aromatic N) is 3. The molecule has 1 fully saturated rings. The monoisotopic (exact) mass is 463 g/mol. The van der Waals surface area contributed by atoms with E-state index in [1.165, 1.54) is 44.3 Å². The summed E-state index contributed by atoms with van der Waals surface area (Å²) in [6.45, 7) is 4.32. The number of rotatable bonds is 10. The third-order valence-electron chi connectivity index (χ3n) is 7.02. The van der Waals surface area contributed by atoms with Gasteiger partial charge in [-0.1, -0.05) is 6.07 Å². The predicted molar refractivity (Wildman–Crippen MR) is 135 cm³/mol. The molecule has 0 aliphatic carbocycles. The zero-order valence-electron chi connectivity index (χ0n) is 20.5. The molecule has 0 N–H and O–H groups in total. The molecular formula is C28H37N3O3. The van der Waals surface area contributed by atoms with E-state index in [0.29, 0.717) is 17.9 Å². The fourth-order valence-corrected chi connectivity index (χ4v) is 5.16. The van der Waals surface area contributed by atoms with Crippen LogP contribution in [-0.4, -0.2) is 61.1 Å². The van der Waals surface area contributed by atoms with E-state index in [1.54, 1.807) is 14.2 Å². The number of pyridine rings is 1. The summed E-state index contributed by atoms with van der Waals surface area (Å²) < 4.78 is 10.8. The minimum Gasteiger partial charge on any atom is -0.493 e. The molecule has 6 nitrogen and oxygen atoms in total. The van der Waals surface area contributed by atoms with Gasteiger partial charge in [-0.3, -0.25) is 9.78 Å². The normalized spacial score (nSPS) is 18.5. The summed E-state index contributed by atoms with van der Waals surface area (Å²) in [5, 5.41) is 0. The van der Waals surface area contributed by atoms with Crippen LogP contribution < -0.4 is 9.47 Å². The predicted octanol–water partition coefficient (Wildman–Crippen LogP) is 4.58. The zero-order chi connectivity index (χ0) is 23.8. The summed E-state index contributed by atoms with van der Waals surface area (Å²) >= 11 is 0. The fraction of sp³-hybridized carbons (Fsp3) is 0.500. The first-order valence-corrected chi connectivity index (χ1v) is 12.5. The number of aromatic nitrogens is 1. The lowest BCUT2D eigenvalue weighted by atomic mass is 9.93. The number of hydrogen-bond donors (Lipinski definition) is 0. The van der Waals surface area contributed by atoms with Crippen LogP contribution in [0.4, 0.5) is 0 Å². The van der Waals surface area contributed by atoms with E-state index < -0.39 is 0 Å². The second-order valence-electron chi connectivity index (χ2n) is 9.40. The first kappa shape index (κ1) is 24.3. The third kappa shape index (κ3) is 6.38. The van der Waals surface area contributed by atoms with Crippen molar-refractivity contribution in [1.82, 2.24) is 14.8 Å². The van der Waals surface area contributed by atoms with Gasteiger partial charge in [0.05, 0.1) is 20.6 Å². The van der Waals surface area contributed by atoms with Crippen molar-refractivity contribution in [3.05, 3.63) is 59.5 Å². The van der Waals surface area contributed by atoms with Crippen LogP contribution >= 0.6 is 0 Å². The molecular weight excluding hydrogens is 426 g/mol. The van der Waals surface area contributed by atoms with Gasteiger partial charge in [0.25, 0.3) is 0 Å². The van der Waals surface area contributed by atoms with Crippen LogP contribution in [-0.2, 0) is 17.6 Å². The lowest BCUT2D eigenvalue weighted by molar-refractivity contribution is -0.127. The number of carbonyl (C=O) groups excluding carboxylic acids is 1. The Morgan fingerprint density at radius 2 is 1.97 bits per heavy atom. The molecule has 3 heterocycles. The Bertz CT molecular complexity index is 976. The van der Waals surface area contributed by atoms with Crippen molar-refractivity contribution in [3.8, 4) is 11.5 Å². The molecule has 2 aliphatic rings. The molecule has 6 heteroatoms. The van der Waals surface area contributed by atoms with Crippen LogP contribution in [0.1, 0.15) is 48.8 Å². The number of ether oxygens (including phenoxy) is 2. The SMILES string of the molecule is COc1cc2c(cc1OC)CC(=O)N(CCCC1CCCN(CCCc3cccnc3)C1)C=C2. The second kappa shape index (κ2) is 12.0. The van der Waals surface area contributed by atoms with Crippen LogP contribution in [0.3, 0.4) is 0 Å².